The van der Waals surface area contributed by atoms with Gasteiger partial charge in [0.05, 0.1) is 10.0 Å². The van der Waals surface area contributed by atoms with Crippen LogP contribution >= 0.6 is 23.2 Å². The first-order chi connectivity index (χ1) is 11.0. The molecule has 1 aromatic carbocycles. The molecule has 0 aliphatic heterocycles. The third-order valence-electron chi connectivity index (χ3n) is 2.45. The Bertz CT molecular complexity index is 705. The Balaban J connectivity index is 3.11. The molecule has 11 heteroatoms. The first-order valence-corrected chi connectivity index (χ1v) is 6.70. The molecule has 2 N–H and O–H groups in total. The van der Waals surface area contributed by atoms with Gasteiger partial charge in [0.2, 0.25) is 0 Å². The van der Waals surface area contributed by atoms with Gasteiger partial charge >= 0.3 is 12.5 Å². The summed E-state index contributed by atoms with van der Waals surface area (Å²) in [4.78, 5) is 11.7. The monoisotopic (exact) mass is 386 g/mol. The van der Waals surface area contributed by atoms with Crippen molar-refractivity contribution in [1.82, 2.24) is 0 Å². The summed E-state index contributed by atoms with van der Waals surface area (Å²) in [5, 5.41) is 18.9. The van der Waals surface area contributed by atoms with Gasteiger partial charge in [-0.15, -0.1) is 0 Å². The van der Waals surface area contributed by atoms with E-state index in [1.807, 2.05) is 0 Å². The second-order valence-corrected chi connectivity index (χ2v) is 5.07. The quantitative estimate of drug-likeness (QED) is 0.337. The van der Waals surface area contributed by atoms with Crippen LogP contribution in [0.3, 0.4) is 0 Å². The minimum Gasteiger partial charge on any atom is -0.511 e. The third-order valence-corrected chi connectivity index (χ3v) is 3.01. The molecule has 1 aromatic rings. The first-order valence-electron chi connectivity index (χ1n) is 5.95. The average molecular weight is 387 g/mol. The average Bonchev–Trinajstić information content (AvgIpc) is 2.43. The fraction of sp³-hybridized carbons (Fsp3) is 0.231. The summed E-state index contributed by atoms with van der Waals surface area (Å²) in [6, 6.07) is 3.24. The zero-order valence-corrected chi connectivity index (χ0v) is 13.2. The molecule has 0 saturated heterocycles. The van der Waals surface area contributed by atoms with Crippen LogP contribution in [0.15, 0.2) is 23.5 Å². The van der Waals surface area contributed by atoms with Gasteiger partial charge in [0, 0.05) is 5.69 Å². The Morgan fingerprint density at radius 1 is 1.38 bits per heavy atom. The Kier molecular flexibility index (Phi) is 6.29. The van der Waals surface area contributed by atoms with Crippen LogP contribution in [0.1, 0.15) is 6.92 Å². The van der Waals surface area contributed by atoms with E-state index in [4.69, 9.17) is 33.6 Å². The number of aliphatic hydroxyl groups is 1. The molecule has 5 nitrogen and oxygen atoms in total. The number of anilines is 1. The summed E-state index contributed by atoms with van der Waals surface area (Å²) in [6.07, 6.45) is -8.93. The van der Waals surface area contributed by atoms with E-state index >= 15 is 0 Å². The van der Waals surface area contributed by atoms with Crippen molar-refractivity contribution >= 4 is 34.8 Å². The molecule has 0 aliphatic carbocycles. The fourth-order valence-electron chi connectivity index (χ4n) is 1.40. The van der Waals surface area contributed by atoms with Gasteiger partial charge in [0.25, 0.3) is 5.91 Å². The standard InChI is InChI=1S/C13H8Cl2F4N2O3/c1-5(22)7(4-20)11(23)21-6-2-8(14)10(9(15)3-6)24-13(18,19)12(16)17/h2-3,12,22H,1H3,(H,21,23)/b7-5-. The number of nitrogens with one attached hydrogen (secondary N) is 1. The molecule has 0 bridgehead atoms. The van der Waals surface area contributed by atoms with Gasteiger partial charge in [0.15, 0.2) is 11.3 Å². The zero-order valence-electron chi connectivity index (χ0n) is 11.7. The molecule has 0 saturated carbocycles. The van der Waals surface area contributed by atoms with E-state index in [9.17, 15) is 22.4 Å². The minimum atomic E-state index is -4.82. The van der Waals surface area contributed by atoms with Crippen molar-refractivity contribution in [2.45, 2.75) is 19.5 Å². The van der Waals surface area contributed by atoms with Crippen LogP contribution in [0.2, 0.25) is 10.0 Å². The summed E-state index contributed by atoms with van der Waals surface area (Å²) >= 11 is 11.3. The number of allylic oxidation sites excluding steroid dienone is 1. The molecule has 24 heavy (non-hydrogen) atoms. The summed E-state index contributed by atoms with van der Waals surface area (Å²) in [5.41, 5.74) is -0.747. The number of hydrogen-bond donors (Lipinski definition) is 2. The SMILES string of the molecule is C/C(O)=C(\C#N)C(=O)Nc1cc(Cl)c(OC(F)(F)C(F)F)c(Cl)c1. The van der Waals surface area contributed by atoms with E-state index in [1.54, 1.807) is 0 Å². The van der Waals surface area contributed by atoms with Gasteiger partial charge in [-0.3, -0.25) is 4.79 Å². The van der Waals surface area contributed by atoms with Crippen LogP contribution in [-0.2, 0) is 4.79 Å². The van der Waals surface area contributed by atoms with Crippen LogP contribution in [0.5, 0.6) is 5.75 Å². The minimum absolute atomic E-state index is 0.142. The maximum absolute atomic E-state index is 12.9. The molecule has 0 radical (unpaired) electrons. The number of aliphatic hydroxyl groups excluding tert-OH is 1. The molecule has 0 fully saturated rings. The number of amides is 1. The normalized spacial score (nSPS) is 12.5. The molecule has 0 atom stereocenters. The number of carbonyl (C=O) groups is 1. The van der Waals surface area contributed by atoms with E-state index < -0.39 is 45.6 Å². The molecule has 0 spiro atoms. The van der Waals surface area contributed by atoms with E-state index in [-0.39, 0.29) is 5.69 Å². The Morgan fingerprint density at radius 2 is 1.88 bits per heavy atom. The maximum Gasteiger partial charge on any atom is 0.461 e. The predicted molar refractivity (Wildman–Crippen MR) is 77.6 cm³/mol. The number of nitriles is 1. The van der Waals surface area contributed by atoms with Crippen LogP contribution in [0.25, 0.3) is 0 Å². The zero-order chi connectivity index (χ0) is 18.7. The smallest absolute Gasteiger partial charge is 0.461 e. The van der Waals surface area contributed by atoms with Crippen molar-refractivity contribution in [1.29, 1.82) is 5.26 Å². The largest absolute Gasteiger partial charge is 0.511 e. The van der Waals surface area contributed by atoms with Gasteiger partial charge in [-0.1, -0.05) is 23.2 Å². The Morgan fingerprint density at radius 3 is 2.25 bits per heavy atom. The van der Waals surface area contributed by atoms with Gasteiger partial charge in [0.1, 0.15) is 11.8 Å². The van der Waals surface area contributed by atoms with Crippen LogP contribution in [-0.4, -0.2) is 23.5 Å². The number of carbonyl (C=O) groups excluding carboxylic acids is 1. The Labute approximate surface area is 143 Å². The molecular formula is C13H8Cl2F4N2O3. The second kappa shape index (κ2) is 7.59. The highest BCUT2D eigenvalue weighted by Crippen LogP contribution is 2.40. The van der Waals surface area contributed by atoms with Crippen molar-refractivity contribution in [2.24, 2.45) is 0 Å². The fourth-order valence-corrected chi connectivity index (χ4v) is 1.96. The summed E-state index contributed by atoms with van der Waals surface area (Å²) in [7, 11) is 0. The highest BCUT2D eigenvalue weighted by molar-refractivity contribution is 6.37. The van der Waals surface area contributed by atoms with Gasteiger partial charge in [-0.05, 0) is 19.1 Å². The van der Waals surface area contributed by atoms with E-state index in [0.29, 0.717) is 0 Å². The lowest BCUT2D eigenvalue weighted by Crippen LogP contribution is -2.33. The highest BCUT2D eigenvalue weighted by atomic mass is 35.5. The number of benzene rings is 1. The first kappa shape index (κ1) is 19.9. The summed E-state index contributed by atoms with van der Waals surface area (Å²) < 4.78 is 53.9. The molecule has 0 aromatic heterocycles. The topological polar surface area (TPSA) is 82.3 Å². The number of rotatable bonds is 5. The van der Waals surface area contributed by atoms with E-state index in [2.05, 4.69) is 10.1 Å². The lowest BCUT2D eigenvalue weighted by Gasteiger charge is -2.19. The molecule has 0 unspecified atom stereocenters. The van der Waals surface area contributed by atoms with Gasteiger partial charge in [-0.25, -0.2) is 0 Å². The van der Waals surface area contributed by atoms with Gasteiger partial charge < -0.3 is 15.2 Å². The number of alkyl halides is 4. The van der Waals surface area contributed by atoms with E-state index in [1.165, 1.54) is 6.07 Å². The Hall–Kier alpha value is -2.18. The molecule has 0 heterocycles. The van der Waals surface area contributed by atoms with Crippen LogP contribution in [0.4, 0.5) is 23.2 Å². The number of hydrogen-bond acceptors (Lipinski definition) is 4. The number of nitrogens with zero attached hydrogens (tertiary/aromatic N) is 1. The molecular weight excluding hydrogens is 379 g/mol. The predicted octanol–water partition coefficient (Wildman–Crippen LogP) is 4.52. The highest BCUT2D eigenvalue weighted by Gasteiger charge is 2.44. The van der Waals surface area contributed by atoms with Crippen molar-refractivity contribution < 1.29 is 32.2 Å². The summed E-state index contributed by atoms with van der Waals surface area (Å²) in [6.45, 7) is 1.10. The number of ether oxygens (including phenoxy) is 1. The third kappa shape index (κ3) is 4.66. The van der Waals surface area contributed by atoms with Crippen molar-refractivity contribution in [2.75, 3.05) is 5.32 Å². The second-order valence-electron chi connectivity index (χ2n) is 4.26. The lowest BCUT2D eigenvalue weighted by molar-refractivity contribution is -0.253. The van der Waals surface area contributed by atoms with Crippen molar-refractivity contribution in [3.8, 4) is 11.8 Å². The van der Waals surface area contributed by atoms with Crippen molar-refractivity contribution in [3.05, 3.63) is 33.5 Å². The molecule has 1 amide bonds. The molecule has 1 rings (SSSR count). The maximum atomic E-state index is 12.9. The van der Waals surface area contributed by atoms with Crippen LogP contribution < -0.4 is 10.1 Å². The molecule has 130 valence electrons. The number of halogens is 6. The van der Waals surface area contributed by atoms with Crippen LogP contribution in [0, 0.1) is 11.3 Å². The summed E-state index contributed by atoms with van der Waals surface area (Å²) in [5.74, 6) is -2.48. The van der Waals surface area contributed by atoms with Crippen molar-refractivity contribution in [3.63, 3.8) is 0 Å². The molecule has 0 aliphatic rings. The van der Waals surface area contributed by atoms with Gasteiger partial charge in [-0.2, -0.15) is 22.8 Å². The lowest BCUT2D eigenvalue weighted by atomic mass is 10.2. The van der Waals surface area contributed by atoms with E-state index in [0.717, 1.165) is 19.1 Å².